The second kappa shape index (κ2) is 8.68. The normalized spacial score (nSPS) is 13.6. The van der Waals surface area contributed by atoms with Crippen molar-refractivity contribution in [1.29, 1.82) is 0 Å². The van der Waals surface area contributed by atoms with E-state index in [0.717, 1.165) is 12.8 Å². The van der Waals surface area contributed by atoms with Crippen LogP contribution >= 0.6 is 0 Å². The number of aromatic nitrogens is 4. The molecule has 0 radical (unpaired) electrons. The van der Waals surface area contributed by atoms with Gasteiger partial charge in [0.2, 0.25) is 5.88 Å². The molecule has 1 N–H and O–H groups in total. The fraction of sp³-hybridized carbons (Fsp3) is 0.435. The van der Waals surface area contributed by atoms with E-state index < -0.39 is 11.7 Å². The van der Waals surface area contributed by atoms with Crippen LogP contribution in [0.1, 0.15) is 50.4 Å². The maximum atomic E-state index is 12.9. The first-order valence-electron chi connectivity index (χ1n) is 10.8. The zero-order chi connectivity index (χ0) is 23.8. The minimum absolute atomic E-state index is 0.0121. The van der Waals surface area contributed by atoms with Gasteiger partial charge in [-0.15, -0.1) is 0 Å². The van der Waals surface area contributed by atoms with Gasteiger partial charge in [-0.05, 0) is 51.7 Å². The second-order valence-corrected chi connectivity index (χ2v) is 9.09. The number of nitrogens with one attached hydrogen (secondary N) is 1. The Balaban J connectivity index is 1.78. The molecule has 1 fully saturated rings. The van der Waals surface area contributed by atoms with Crippen molar-refractivity contribution in [3.05, 3.63) is 36.2 Å². The number of anilines is 3. The number of Topliss-reactive ketones (excluding diaryl/α,β-unsaturated/α-hetero) is 1. The molecule has 10 nitrogen and oxygen atoms in total. The number of hydrogen-bond acceptors (Lipinski definition) is 8. The van der Waals surface area contributed by atoms with E-state index in [-0.39, 0.29) is 5.78 Å². The zero-order valence-electron chi connectivity index (χ0n) is 19.5. The van der Waals surface area contributed by atoms with Gasteiger partial charge in [0.05, 0.1) is 18.9 Å². The van der Waals surface area contributed by atoms with Gasteiger partial charge >= 0.3 is 6.09 Å². The third kappa shape index (κ3) is 5.05. The summed E-state index contributed by atoms with van der Waals surface area (Å²) in [6.45, 7) is 5.39. The number of methoxy groups -OCH3 is 1. The molecule has 3 aromatic rings. The first kappa shape index (κ1) is 22.5. The van der Waals surface area contributed by atoms with Crippen molar-refractivity contribution in [2.24, 2.45) is 5.92 Å². The molecule has 3 heterocycles. The number of pyridine rings is 1. The van der Waals surface area contributed by atoms with Crippen molar-refractivity contribution in [2.75, 3.05) is 24.4 Å². The van der Waals surface area contributed by atoms with Crippen LogP contribution < -0.4 is 15.0 Å². The largest absolute Gasteiger partial charge is 0.480 e. The summed E-state index contributed by atoms with van der Waals surface area (Å²) in [6, 6.07) is 5.22. The Kier molecular flexibility index (Phi) is 5.92. The first-order chi connectivity index (χ1) is 15.7. The van der Waals surface area contributed by atoms with Crippen molar-refractivity contribution in [3.63, 3.8) is 0 Å². The fourth-order valence-electron chi connectivity index (χ4n) is 3.35. The molecule has 0 spiro atoms. The summed E-state index contributed by atoms with van der Waals surface area (Å²) in [5.41, 5.74) is 0.700. The molecule has 174 valence electrons. The van der Waals surface area contributed by atoms with E-state index in [1.807, 2.05) is 0 Å². The molecule has 0 unspecified atom stereocenters. The zero-order valence-corrected chi connectivity index (χ0v) is 19.5. The minimum Gasteiger partial charge on any atom is -0.480 e. The Morgan fingerprint density at radius 2 is 2.06 bits per heavy atom. The van der Waals surface area contributed by atoms with Gasteiger partial charge in [0.1, 0.15) is 22.9 Å². The number of ketones is 1. The van der Waals surface area contributed by atoms with E-state index in [1.165, 1.54) is 22.7 Å². The molecule has 0 bridgehead atoms. The standard InChI is InChI=1S/C23H28N6O4/c1-23(2,3)33-22(31)28(4)19-12-18(26-16-7-6-10-24-21(16)32-5)27-20-15(13-25-29(19)20)17(30)11-14-8-9-14/h6-7,10,12-14H,8-9,11H2,1-5H3,(H,26,27). The number of fused-ring (bicyclic) bond motifs is 1. The van der Waals surface area contributed by atoms with Crippen LogP contribution in [0.4, 0.5) is 22.1 Å². The molecular formula is C23H28N6O4. The van der Waals surface area contributed by atoms with Gasteiger partial charge < -0.3 is 14.8 Å². The molecule has 0 atom stereocenters. The number of rotatable bonds is 7. The van der Waals surface area contributed by atoms with Crippen LogP contribution in [0.25, 0.3) is 5.65 Å². The Morgan fingerprint density at radius 1 is 1.30 bits per heavy atom. The summed E-state index contributed by atoms with van der Waals surface area (Å²) in [7, 11) is 3.11. The quantitative estimate of drug-likeness (QED) is 0.530. The number of ether oxygens (including phenoxy) is 2. The number of hydrogen-bond donors (Lipinski definition) is 1. The summed E-state index contributed by atoms with van der Waals surface area (Å²) >= 11 is 0. The number of carbonyl (C=O) groups is 2. The maximum absolute atomic E-state index is 12.9. The lowest BCUT2D eigenvalue weighted by molar-refractivity contribution is 0.0587. The summed E-state index contributed by atoms with van der Waals surface area (Å²) in [5.74, 6) is 1.60. The summed E-state index contributed by atoms with van der Waals surface area (Å²) in [6.07, 6.45) is 5.18. The van der Waals surface area contributed by atoms with Crippen LogP contribution in [0, 0.1) is 5.92 Å². The van der Waals surface area contributed by atoms with E-state index >= 15 is 0 Å². The molecule has 1 amide bonds. The molecule has 33 heavy (non-hydrogen) atoms. The van der Waals surface area contributed by atoms with Crippen LogP contribution in [0.5, 0.6) is 5.88 Å². The van der Waals surface area contributed by atoms with Crippen molar-refractivity contribution in [2.45, 2.75) is 45.6 Å². The lowest BCUT2D eigenvalue weighted by atomic mass is 10.1. The fourth-order valence-corrected chi connectivity index (χ4v) is 3.35. The molecule has 0 aliphatic heterocycles. The van der Waals surface area contributed by atoms with E-state index in [2.05, 4.69) is 20.4 Å². The predicted octanol–water partition coefficient (Wildman–Crippen LogP) is 4.23. The average Bonchev–Trinajstić information content (AvgIpc) is 3.47. The Morgan fingerprint density at radius 3 is 2.73 bits per heavy atom. The van der Waals surface area contributed by atoms with Gasteiger partial charge in [-0.3, -0.25) is 9.69 Å². The van der Waals surface area contributed by atoms with Crippen molar-refractivity contribution >= 4 is 34.8 Å². The summed E-state index contributed by atoms with van der Waals surface area (Å²) in [5, 5.41) is 7.55. The lowest BCUT2D eigenvalue weighted by Gasteiger charge is -2.25. The molecular weight excluding hydrogens is 424 g/mol. The predicted molar refractivity (Wildman–Crippen MR) is 123 cm³/mol. The summed E-state index contributed by atoms with van der Waals surface area (Å²) < 4.78 is 12.3. The Bertz CT molecular complexity index is 1200. The van der Waals surface area contributed by atoms with Gasteiger partial charge in [0, 0.05) is 25.7 Å². The second-order valence-electron chi connectivity index (χ2n) is 9.09. The summed E-state index contributed by atoms with van der Waals surface area (Å²) in [4.78, 5) is 35.9. The molecule has 1 aliphatic carbocycles. The highest BCUT2D eigenvalue weighted by Gasteiger charge is 2.28. The topological polar surface area (TPSA) is 111 Å². The van der Waals surface area contributed by atoms with Crippen LogP contribution in [0.3, 0.4) is 0 Å². The highest BCUT2D eigenvalue weighted by atomic mass is 16.6. The van der Waals surface area contributed by atoms with Crippen molar-refractivity contribution in [1.82, 2.24) is 19.6 Å². The molecule has 1 aliphatic rings. The van der Waals surface area contributed by atoms with Crippen LogP contribution in [-0.4, -0.2) is 51.2 Å². The van der Waals surface area contributed by atoms with Gasteiger partial charge in [0.15, 0.2) is 11.4 Å². The van der Waals surface area contributed by atoms with Crippen molar-refractivity contribution < 1.29 is 19.1 Å². The lowest BCUT2D eigenvalue weighted by Crippen LogP contribution is -2.35. The van der Waals surface area contributed by atoms with Crippen LogP contribution in [0.2, 0.25) is 0 Å². The molecule has 4 rings (SSSR count). The van der Waals surface area contributed by atoms with E-state index in [0.29, 0.717) is 46.8 Å². The molecule has 1 saturated carbocycles. The SMILES string of the molecule is COc1ncccc1Nc1cc(N(C)C(=O)OC(C)(C)C)n2ncc(C(=O)CC3CC3)c2n1. The van der Waals surface area contributed by atoms with Gasteiger partial charge in [0.25, 0.3) is 0 Å². The van der Waals surface area contributed by atoms with Gasteiger partial charge in [-0.2, -0.15) is 9.61 Å². The maximum Gasteiger partial charge on any atom is 0.415 e. The smallest absolute Gasteiger partial charge is 0.415 e. The number of nitrogens with zero attached hydrogens (tertiary/aromatic N) is 5. The highest BCUT2D eigenvalue weighted by molar-refractivity contribution is 6.02. The first-order valence-corrected chi connectivity index (χ1v) is 10.8. The number of amides is 1. The van der Waals surface area contributed by atoms with Crippen LogP contribution in [0.15, 0.2) is 30.6 Å². The monoisotopic (exact) mass is 452 g/mol. The molecule has 0 saturated heterocycles. The Hall–Kier alpha value is -3.69. The molecule has 0 aromatic carbocycles. The van der Waals surface area contributed by atoms with Crippen molar-refractivity contribution in [3.8, 4) is 5.88 Å². The van der Waals surface area contributed by atoms with E-state index in [9.17, 15) is 9.59 Å². The van der Waals surface area contributed by atoms with Gasteiger partial charge in [-0.25, -0.2) is 14.8 Å². The highest BCUT2D eigenvalue weighted by Crippen LogP contribution is 2.34. The van der Waals surface area contributed by atoms with E-state index in [4.69, 9.17) is 9.47 Å². The molecule has 10 heteroatoms. The number of carbonyl (C=O) groups excluding carboxylic acids is 2. The molecule has 3 aromatic heterocycles. The average molecular weight is 453 g/mol. The Labute approximate surface area is 191 Å². The van der Waals surface area contributed by atoms with Gasteiger partial charge in [-0.1, -0.05) is 0 Å². The third-order valence-electron chi connectivity index (χ3n) is 5.16. The van der Waals surface area contributed by atoms with Crippen LogP contribution in [-0.2, 0) is 4.74 Å². The minimum atomic E-state index is -0.669. The van der Waals surface area contributed by atoms with E-state index in [1.54, 1.807) is 52.2 Å². The third-order valence-corrected chi connectivity index (χ3v) is 5.16.